The van der Waals surface area contributed by atoms with E-state index in [1.165, 1.54) is 0 Å². The van der Waals surface area contributed by atoms with Gasteiger partial charge in [0.05, 0.1) is 12.6 Å². The molecule has 1 aliphatic rings. The van der Waals surface area contributed by atoms with Crippen LogP contribution >= 0.6 is 0 Å². The number of β-amino-alcohol motifs (C(OH)–C–C–N with tert-alkyl or cyclic N) is 1. The van der Waals surface area contributed by atoms with Gasteiger partial charge in [0, 0.05) is 12.1 Å². The highest BCUT2D eigenvalue weighted by Crippen LogP contribution is 2.10. The zero-order chi connectivity index (χ0) is 12.2. The molecule has 94 valence electrons. The van der Waals surface area contributed by atoms with E-state index in [1.54, 1.807) is 0 Å². The lowest BCUT2D eigenvalue weighted by molar-refractivity contribution is -0.124. The van der Waals surface area contributed by atoms with Crippen molar-refractivity contribution in [1.29, 1.82) is 0 Å². The van der Waals surface area contributed by atoms with Crippen molar-refractivity contribution in [3.8, 4) is 0 Å². The number of piperidine rings is 1. The third kappa shape index (κ3) is 4.49. The lowest BCUT2D eigenvalue weighted by Crippen LogP contribution is -2.49. The Morgan fingerprint density at radius 2 is 2.25 bits per heavy atom. The molecule has 0 aromatic rings. The van der Waals surface area contributed by atoms with Crippen LogP contribution < -0.4 is 5.32 Å². The van der Waals surface area contributed by atoms with E-state index in [1.807, 2.05) is 18.7 Å². The number of nitrogens with zero attached hydrogens (tertiary/aromatic N) is 1. The normalized spacial score (nSPS) is 23.1. The summed E-state index contributed by atoms with van der Waals surface area (Å²) in [6.45, 7) is 8.05. The van der Waals surface area contributed by atoms with Crippen LogP contribution in [0.2, 0.25) is 0 Å². The smallest absolute Gasteiger partial charge is 0.234 e. The third-order valence-corrected chi connectivity index (χ3v) is 3.21. The second-order valence-corrected chi connectivity index (χ2v) is 5.32. The summed E-state index contributed by atoms with van der Waals surface area (Å²) >= 11 is 0. The van der Waals surface area contributed by atoms with E-state index in [9.17, 15) is 9.90 Å². The van der Waals surface area contributed by atoms with E-state index in [0.29, 0.717) is 13.1 Å². The highest BCUT2D eigenvalue weighted by molar-refractivity contribution is 5.78. The fraction of sp³-hybridized carbons (Fsp3) is 0.917. The van der Waals surface area contributed by atoms with Crippen molar-refractivity contribution in [2.45, 2.75) is 51.7 Å². The molecule has 1 fully saturated rings. The number of carbonyl (C=O) groups is 1. The summed E-state index contributed by atoms with van der Waals surface area (Å²) in [7, 11) is 0. The Morgan fingerprint density at radius 3 is 2.81 bits per heavy atom. The predicted molar refractivity (Wildman–Crippen MR) is 64.2 cm³/mol. The molecule has 16 heavy (non-hydrogen) atoms. The largest absolute Gasteiger partial charge is 0.392 e. The van der Waals surface area contributed by atoms with Gasteiger partial charge in [-0.25, -0.2) is 0 Å². The molecular weight excluding hydrogens is 204 g/mol. The molecule has 2 N–H and O–H groups in total. The highest BCUT2D eigenvalue weighted by Gasteiger charge is 2.22. The van der Waals surface area contributed by atoms with Gasteiger partial charge in [-0.2, -0.15) is 0 Å². The van der Waals surface area contributed by atoms with Gasteiger partial charge in [0.15, 0.2) is 0 Å². The Kier molecular flexibility index (Phi) is 4.74. The first-order valence-electron chi connectivity index (χ1n) is 6.14. The second-order valence-electron chi connectivity index (χ2n) is 5.32. The van der Waals surface area contributed by atoms with Gasteiger partial charge in [0.25, 0.3) is 0 Å². The van der Waals surface area contributed by atoms with E-state index >= 15 is 0 Å². The number of nitrogens with one attached hydrogen (secondary N) is 1. The summed E-state index contributed by atoms with van der Waals surface area (Å²) in [5.41, 5.74) is -0.133. The van der Waals surface area contributed by atoms with Crippen LogP contribution in [0, 0.1) is 0 Å². The van der Waals surface area contributed by atoms with Crippen molar-refractivity contribution in [2.24, 2.45) is 0 Å². The minimum Gasteiger partial charge on any atom is -0.392 e. The van der Waals surface area contributed by atoms with Crippen LogP contribution in [0.5, 0.6) is 0 Å². The zero-order valence-electron chi connectivity index (χ0n) is 10.6. The average molecular weight is 228 g/mol. The average Bonchev–Trinajstić information content (AvgIpc) is 2.16. The highest BCUT2D eigenvalue weighted by atomic mass is 16.3. The van der Waals surface area contributed by atoms with Crippen LogP contribution in [0.25, 0.3) is 0 Å². The van der Waals surface area contributed by atoms with Gasteiger partial charge < -0.3 is 10.4 Å². The Morgan fingerprint density at radius 1 is 1.56 bits per heavy atom. The maximum Gasteiger partial charge on any atom is 0.234 e. The van der Waals surface area contributed by atoms with Gasteiger partial charge in [-0.05, 0) is 39.7 Å². The molecule has 1 amide bonds. The quantitative estimate of drug-likeness (QED) is 0.746. The van der Waals surface area contributed by atoms with Crippen LogP contribution in [-0.2, 0) is 4.79 Å². The number of aliphatic hydroxyl groups is 1. The lowest BCUT2D eigenvalue weighted by Gasteiger charge is -2.31. The van der Waals surface area contributed by atoms with Crippen LogP contribution in [-0.4, -0.2) is 47.2 Å². The standard InChI is InChI=1S/C12H24N2O2/c1-4-12(2,3)13-11(16)9-14-7-5-6-10(15)8-14/h10,15H,4-9H2,1-3H3,(H,13,16). The molecule has 0 radical (unpaired) electrons. The molecule has 0 aromatic carbocycles. The molecule has 4 nitrogen and oxygen atoms in total. The van der Waals surface area contributed by atoms with Crippen LogP contribution in [0.15, 0.2) is 0 Å². The first kappa shape index (κ1) is 13.5. The first-order chi connectivity index (χ1) is 7.43. The molecule has 0 aliphatic carbocycles. The van der Waals surface area contributed by atoms with Gasteiger partial charge in [-0.3, -0.25) is 9.69 Å². The van der Waals surface area contributed by atoms with E-state index in [4.69, 9.17) is 0 Å². The van der Waals surface area contributed by atoms with Gasteiger partial charge >= 0.3 is 0 Å². The maximum absolute atomic E-state index is 11.8. The monoisotopic (exact) mass is 228 g/mol. The van der Waals surface area contributed by atoms with Crippen molar-refractivity contribution in [2.75, 3.05) is 19.6 Å². The third-order valence-electron chi connectivity index (χ3n) is 3.21. The zero-order valence-corrected chi connectivity index (χ0v) is 10.6. The Balaban J connectivity index is 2.33. The van der Waals surface area contributed by atoms with Crippen LogP contribution in [0.4, 0.5) is 0 Å². The molecular formula is C12H24N2O2. The molecule has 0 bridgehead atoms. The number of aliphatic hydroxyl groups excluding tert-OH is 1. The molecule has 1 saturated heterocycles. The van der Waals surface area contributed by atoms with E-state index in [0.717, 1.165) is 25.8 Å². The van der Waals surface area contributed by atoms with Crippen molar-refractivity contribution < 1.29 is 9.90 Å². The second kappa shape index (κ2) is 5.64. The lowest BCUT2D eigenvalue weighted by atomic mass is 10.0. The minimum atomic E-state index is -0.263. The Bertz CT molecular complexity index is 241. The molecule has 1 aliphatic heterocycles. The summed E-state index contributed by atoms with van der Waals surface area (Å²) in [5, 5.41) is 12.5. The predicted octanol–water partition coefficient (Wildman–Crippen LogP) is 0.748. The number of amides is 1. The van der Waals surface area contributed by atoms with E-state index < -0.39 is 0 Å². The molecule has 1 rings (SSSR count). The van der Waals surface area contributed by atoms with E-state index in [-0.39, 0.29) is 17.6 Å². The van der Waals surface area contributed by atoms with Gasteiger partial charge in [0.2, 0.25) is 5.91 Å². The number of hydrogen-bond donors (Lipinski definition) is 2. The Labute approximate surface area is 98.0 Å². The van der Waals surface area contributed by atoms with Crippen molar-refractivity contribution in [3.63, 3.8) is 0 Å². The number of hydrogen-bond acceptors (Lipinski definition) is 3. The molecule has 0 spiro atoms. The number of likely N-dealkylation sites (tertiary alicyclic amines) is 1. The molecule has 0 saturated carbocycles. The molecule has 1 unspecified atom stereocenters. The minimum absolute atomic E-state index is 0.0564. The van der Waals surface area contributed by atoms with Gasteiger partial charge in [-0.15, -0.1) is 0 Å². The summed E-state index contributed by atoms with van der Waals surface area (Å²) in [5.74, 6) is 0.0564. The van der Waals surface area contributed by atoms with Gasteiger partial charge in [-0.1, -0.05) is 6.92 Å². The summed E-state index contributed by atoms with van der Waals surface area (Å²) in [4.78, 5) is 13.8. The Hall–Kier alpha value is -0.610. The fourth-order valence-electron chi connectivity index (χ4n) is 1.88. The van der Waals surface area contributed by atoms with Gasteiger partial charge in [0.1, 0.15) is 0 Å². The van der Waals surface area contributed by atoms with Crippen molar-refractivity contribution in [3.05, 3.63) is 0 Å². The number of carbonyl (C=O) groups excluding carboxylic acids is 1. The van der Waals surface area contributed by atoms with Crippen LogP contribution in [0.1, 0.15) is 40.0 Å². The van der Waals surface area contributed by atoms with Crippen molar-refractivity contribution >= 4 is 5.91 Å². The van der Waals surface area contributed by atoms with E-state index in [2.05, 4.69) is 12.2 Å². The summed E-state index contributed by atoms with van der Waals surface area (Å²) in [6, 6.07) is 0. The first-order valence-corrected chi connectivity index (χ1v) is 6.14. The molecule has 1 heterocycles. The molecule has 0 aromatic heterocycles. The summed E-state index contributed by atoms with van der Waals surface area (Å²) in [6.07, 6.45) is 2.49. The van der Waals surface area contributed by atoms with Crippen molar-refractivity contribution in [1.82, 2.24) is 10.2 Å². The topological polar surface area (TPSA) is 52.6 Å². The molecule has 1 atom stereocenters. The SMILES string of the molecule is CCC(C)(C)NC(=O)CN1CCCC(O)C1. The number of rotatable bonds is 4. The molecule has 4 heteroatoms. The summed E-state index contributed by atoms with van der Waals surface area (Å²) < 4.78 is 0. The van der Waals surface area contributed by atoms with Crippen LogP contribution in [0.3, 0.4) is 0 Å². The maximum atomic E-state index is 11.8. The fourth-order valence-corrected chi connectivity index (χ4v) is 1.88.